The molecule has 0 bridgehead atoms. The monoisotopic (exact) mass is 268 g/mol. The number of halogens is 1. The summed E-state index contributed by atoms with van der Waals surface area (Å²) in [5, 5.41) is 5.49. The fraction of sp³-hybridized carbons (Fsp3) is 0.385. The van der Waals surface area contributed by atoms with Crippen LogP contribution in [0.4, 0.5) is 11.4 Å². The number of rotatable bonds is 5. The molecule has 1 rings (SSSR count). The highest BCUT2D eigenvalue weighted by molar-refractivity contribution is 6.17. The normalized spacial score (nSPS) is 9.94. The van der Waals surface area contributed by atoms with Gasteiger partial charge in [0.15, 0.2) is 0 Å². The number of carbonyl (C=O) groups excluding carboxylic acids is 2. The number of benzene rings is 1. The third kappa shape index (κ3) is 4.75. The molecule has 0 saturated heterocycles. The highest BCUT2D eigenvalue weighted by Gasteiger charge is 2.06. The number of carbonyl (C=O) groups is 2. The molecule has 0 fully saturated rings. The van der Waals surface area contributed by atoms with Crippen LogP contribution in [0.15, 0.2) is 18.2 Å². The second kappa shape index (κ2) is 7.01. The van der Waals surface area contributed by atoms with Crippen LogP contribution >= 0.6 is 11.6 Å². The van der Waals surface area contributed by atoms with Crippen LogP contribution in [-0.2, 0) is 16.0 Å². The molecule has 98 valence electrons. The molecule has 0 atom stereocenters. The molecule has 1 aromatic carbocycles. The summed E-state index contributed by atoms with van der Waals surface area (Å²) in [5.41, 5.74) is 2.46. The minimum Gasteiger partial charge on any atom is -0.326 e. The van der Waals surface area contributed by atoms with Gasteiger partial charge in [0.2, 0.25) is 11.8 Å². The Morgan fingerprint density at radius 2 is 1.83 bits per heavy atom. The van der Waals surface area contributed by atoms with E-state index in [1.807, 2.05) is 6.07 Å². The van der Waals surface area contributed by atoms with E-state index in [1.54, 1.807) is 12.1 Å². The molecule has 5 heteroatoms. The van der Waals surface area contributed by atoms with Crippen LogP contribution in [-0.4, -0.2) is 17.7 Å². The standard InChI is InChI=1S/C13H17ClN2O2/c1-9(17)15-12-5-6-13(16-10(2)18)11(8-12)4-3-7-14/h5-6,8H,3-4,7H2,1-2H3,(H,15,17)(H,16,18). The summed E-state index contributed by atoms with van der Waals surface area (Å²) in [4.78, 5) is 22.1. The van der Waals surface area contributed by atoms with Crippen molar-refractivity contribution in [1.82, 2.24) is 0 Å². The smallest absolute Gasteiger partial charge is 0.221 e. The fourth-order valence-corrected chi connectivity index (χ4v) is 1.78. The molecule has 0 radical (unpaired) electrons. The van der Waals surface area contributed by atoms with E-state index in [1.165, 1.54) is 13.8 Å². The van der Waals surface area contributed by atoms with E-state index >= 15 is 0 Å². The highest BCUT2D eigenvalue weighted by Crippen LogP contribution is 2.22. The maximum absolute atomic E-state index is 11.1. The van der Waals surface area contributed by atoms with Gasteiger partial charge in [0.1, 0.15) is 0 Å². The molecule has 0 saturated carbocycles. The Bertz CT molecular complexity index is 447. The molecule has 0 unspecified atom stereocenters. The van der Waals surface area contributed by atoms with E-state index in [0.717, 1.165) is 29.8 Å². The van der Waals surface area contributed by atoms with Crippen molar-refractivity contribution in [3.05, 3.63) is 23.8 Å². The first kappa shape index (κ1) is 14.5. The van der Waals surface area contributed by atoms with Gasteiger partial charge in [-0.2, -0.15) is 0 Å². The van der Waals surface area contributed by atoms with E-state index < -0.39 is 0 Å². The van der Waals surface area contributed by atoms with E-state index in [2.05, 4.69) is 10.6 Å². The lowest BCUT2D eigenvalue weighted by Gasteiger charge is -2.12. The van der Waals surface area contributed by atoms with Crippen LogP contribution in [0.1, 0.15) is 25.8 Å². The number of hydrogen-bond donors (Lipinski definition) is 2. The Balaban J connectivity index is 2.95. The summed E-state index contributed by atoms with van der Waals surface area (Å²) in [6.45, 7) is 2.92. The molecule has 0 aliphatic carbocycles. The van der Waals surface area contributed by atoms with Crippen molar-refractivity contribution >= 4 is 34.8 Å². The lowest BCUT2D eigenvalue weighted by molar-refractivity contribution is -0.115. The molecule has 2 amide bonds. The lowest BCUT2D eigenvalue weighted by atomic mass is 10.1. The fourth-order valence-electron chi connectivity index (χ4n) is 1.65. The summed E-state index contributed by atoms with van der Waals surface area (Å²) >= 11 is 5.68. The van der Waals surface area contributed by atoms with Crippen molar-refractivity contribution in [3.63, 3.8) is 0 Å². The Labute approximate surface area is 112 Å². The molecular weight excluding hydrogens is 252 g/mol. The Morgan fingerprint density at radius 1 is 1.17 bits per heavy atom. The van der Waals surface area contributed by atoms with E-state index in [0.29, 0.717) is 5.88 Å². The number of nitrogens with one attached hydrogen (secondary N) is 2. The minimum absolute atomic E-state index is 0.116. The van der Waals surface area contributed by atoms with Gasteiger partial charge < -0.3 is 10.6 Å². The number of aryl methyl sites for hydroxylation is 1. The van der Waals surface area contributed by atoms with Crippen molar-refractivity contribution in [2.24, 2.45) is 0 Å². The first-order chi connectivity index (χ1) is 8.52. The zero-order valence-corrected chi connectivity index (χ0v) is 11.3. The second-order valence-corrected chi connectivity index (χ2v) is 4.40. The zero-order valence-electron chi connectivity index (χ0n) is 10.5. The van der Waals surface area contributed by atoms with Gasteiger partial charge in [-0.1, -0.05) is 0 Å². The quantitative estimate of drug-likeness (QED) is 0.807. The van der Waals surface area contributed by atoms with Gasteiger partial charge in [-0.05, 0) is 36.6 Å². The second-order valence-electron chi connectivity index (χ2n) is 4.03. The maximum atomic E-state index is 11.1. The summed E-state index contributed by atoms with van der Waals surface area (Å²) in [5.74, 6) is 0.323. The Kier molecular flexibility index (Phi) is 5.65. The van der Waals surface area contributed by atoms with Crippen LogP contribution in [0.2, 0.25) is 0 Å². The van der Waals surface area contributed by atoms with Crippen molar-refractivity contribution in [1.29, 1.82) is 0 Å². The van der Waals surface area contributed by atoms with Gasteiger partial charge in [-0.25, -0.2) is 0 Å². The summed E-state index contributed by atoms with van der Waals surface area (Å²) in [6.07, 6.45) is 1.57. The highest BCUT2D eigenvalue weighted by atomic mass is 35.5. The minimum atomic E-state index is -0.120. The van der Waals surface area contributed by atoms with E-state index in [4.69, 9.17) is 11.6 Å². The van der Waals surface area contributed by atoms with Gasteiger partial charge in [-0.15, -0.1) is 11.6 Å². The average Bonchev–Trinajstić information content (AvgIpc) is 2.27. The molecule has 0 spiro atoms. The van der Waals surface area contributed by atoms with Crippen molar-refractivity contribution in [2.75, 3.05) is 16.5 Å². The maximum Gasteiger partial charge on any atom is 0.221 e. The molecule has 4 nitrogen and oxygen atoms in total. The molecule has 1 aromatic rings. The molecule has 0 aromatic heterocycles. The van der Waals surface area contributed by atoms with Crippen molar-refractivity contribution in [2.45, 2.75) is 26.7 Å². The number of hydrogen-bond acceptors (Lipinski definition) is 2. The number of anilines is 2. The third-order valence-corrected chi connectivity index (χ3v) is 2.58. The van der Waals surface area contributed by atoms with Crippen LogP contribution in [0.5, 0.6) is 0 Å². The number of amides is 2. The average molecular weight is 269 g/mol. The summed E-state index contributed by atoms with van der Waals surface area (Å²) in [6, 6.07) is 5.41. The van der Waals surface area contributed by atoms with Crippen molar-refractivity contribution < 1.29 is 9.59 Å². The van der Waals surface area contributed by atoms with Gasteiger partial charge in [0, 0.05) is 31.1 Å². The molecule has 0 heterocycles. The third-order valence-electron chi connectivity index (χ3n) is 2.32. The van der Waals surface area contributed by atoms with Crippen LogP contribution in [0.25, 0.3) is 0 Å². The zero-order chi connectivity index (χ0) is 13.5. The van der Waals surface area contributed by atoms with Gasteiger partial charge in [-0.3, -0.25) is 9.59 Å². The van der Waals surface area contributed by atoms with Crippen LogP contribution < -0.4 is 10.6 Å². The molecule has 18 heavy (non-hydrogen) atoms. The van der Waals surface area contributed by atoms with Crippen molar-refractivity contribution in [3.8, 4) is 0 Å². The molecule has 0 aliphatic rings. The van der Waals surface area contributed by atoms with Crippen LogP contribution in [0, 0.1) is 0 Å². The Morgan fingerprint density at radius 3 is 2.39 bits per heavy atom. The predicted molar refractivity (Wildman–Crippen MR) is 74.1 cm³/mol. The first-order valence-corrected chi connectivity index (χ1v) is 6.30. The number of alkyl halides is 1. The van der Waals surface area contributed by atoms with E-state index in [9.17, 15) is 9.59 Å². The summed E-state index contributed by atoms with van der Waals surface area (Å²) in [7, 11) is 0. The topological polar surface area (TPSA) is 58.2 Å². The summed E-state index contributed by atoms with van der Waals surface area (Å²) < 4.78 is 0. The molecule has 2 N–H and O–H groups in total. The van der Waals surface area contributed by atoms with Gasteiger partial charge >= 0.3 is 0 Å². The SMILES string of the molecule is CC(=O)Nc1ccc(NC(C)=O)c(CCCCl)c1. The molecular formula is C13H17ClN2O2. The molecule has 0 aliphatic heterocycles. The largest absolute Gasteiger partial charge is 0.326 e. The van der Waals surface area contributed by atoms with Gasteiger partial charge in [0.25, 0.3) is 0 Å². The first-order valence-electron chi connectivity index (χ1n) is 5.77. The van der Waals surface area contributed by atoms with Crippen LogP contribution in [0.3, 0.4) is 0 Å². The lowest BCUT2D eigenvalue weighted by Crippen LogP contribution is -2.10. The van der Waals surface area contributed by atoms with Gasteiger partial charge in [0.05, 0.1) is 0 Å². The Hall–Kier alpha value is -1.55. The van der Waals surface area contributed by atoms with E-state index in [-0.39, 0.29) is 11.8 Å². The predicted octanol–water partition coefficient (Wildman–Crippen LogP) is 2.77.